The molecule has 0 N–H and O–H groups in total. The number of thiophene rings is 2. The second-order valence-corrected chi connectivity index (χ2v) is 16.8. The lowest BCUT2D eigenvalue weighted by Crippen LogP contribution is -2.30. The number of fused-ring (bicyclic) bond motifs is 8. The van der Waals surface area contributed by atoms with E-state index in [2.05, 4.69) is 9.69 Å². The first-order chi connectivity index (χ1) is 26.9. The molecule has 0 saturated heterocycles. The summed E-state index contributed by atoms with van der Waals surface area (Å²) >= 11 is 3.01. The topological polar surface area (TPSA) is 109 Å². The molecule has 10 heteroatoms. The molecule has 0 spiro atoms. The van der Waals surface area contributed by atoms with Crippen molar-refractivity contribution >= 4 is 57.5 Å². The first-order valence-electron chi connectivity index (χ1n) is 17.5. The molecule has 0 saturated carbocycles. The summed E-state index contributed by atoms with van der Waals surface area (Å²) in [5, 5.41) is 19.6. The van der Waals surface area contributed by atoms with Crippen LogP contribution in [0.4, 0.5) is 0 Å². The Kier molecular flexibility index (Phi) is 7.57. The van der Waals surface area contributed by atoms with Gasteiger partial charge in [0.2, 0.25) is 0 Å². The molecule has 0 atom stereocenters. The van der Waals surface area contributed by atoms with Gasteiger partial charge in [-0.25, -0.2) is 20.2 Å². The Hall–Kier alpha value is -7.08. The maximum Gasteiger partial charge on any atom is 0.270 e. The van der Waals surface area contributed by atoms with Gasteiger partial charge in [0.1, 0.15) is 22.7 Å². The standard InChI is InChI=1S/C46H26N4O4S2/c1-45(2)33-17-23(15-31-39(35(21-47)49-5)25-11-7-9-13-27(25)41(31)51)55-43(33)29-20-38-30(19-37(29)53-45)44-34(46(3,4)54-38)18-24(56-44)16-32-40(36(22-48)50-6)26-12-8-10-14-28(26)42(32)52/h7-20H,1-4H3/b31-15-,32-16-,39-35+,40-36?. The van der Waals surface area contributed by atoms with E-state index in [-0.39, 0.29) is 23.0 Å². The highest BCUT2D eigenvalue weighted by Crippen LogP contribution is 2.57. The van der Waals surface area contributed by atoms with Gasteiger partial charge in [0.15, 0.2) is 11.6 Å². The average molecular weight is 763 g/mol. The maximum absolute atomic E-state index is 13.7. The quantitative estimate of drug-likeness (QED) is 0.101. The Morgan fingerprint density at radius 2 is 1.00 bits per heavy atom. The molecule has 0 fully saturated rings. The summed E-state index contributed by atoms with van der Waals surface area (Å²) in [5.41, 5.74) is 5.21. The average Bonchev–Trinajstić information content (AvgIpc) is 3.94. The monoisotopic (exact) mass is 762 g/mol. The van der Waals surface area contributed by atoms with Crippen LogP contribution in [0.2, 0.25) is 0 Å². The molecule has 2 aromatic heterocycles. The molecule has 8 nitrogen and oxygen atoms in total. The summed E-state index contributed by atoms with van der Waals surface area (Å²) in [5.74, 6) is 0.868. The van der Waals surface area contributed by atoms with Gasteiger partial charge in [-0.05, 0) is 75.2 Å². The lowest BCUT2D eigenvalue weighted by atomic mass is 9.88. The fourth-order valence-corrected chi connectivity index (χ4v) is 10.5. The molecule has 0 unspecified atom stereocenters. The minimum absolute atomic E-state index is 0.129. The number of nitriles is 2. The fourth-order valence-electron chi connectivity index (χ4n) is 7.95. The molecular formula is C46H26N4O4S2. The van der Waals surface area contributed by atoms with E-state index in [1.807, 2.05) is 64.1 Å². The van der Waals surface area contributed by atoms with Gasteiger partial charge >= 0.3 is 0 Å². The molecule has 56 heavy (non-hydrogen) atoms. The Morgan fingerprint density at radius 3 is 1.36 bits per heavy atom. The van der Waals surface area contributed by atoms with Crippen LogP contribution in [-0.4, -0.2) is 11.6 Å². The van der Waals surface area contributed by atoms with Crippen LogP contribution < -0.4 is 9.47 Å². The number of ketones is 2. The minimum Gasteiger partial charge on any atom is -0.482 e. The van der Waals surface area contributed by atoms with Crippen molar-refractivity contribution in [2.45, 2.75) is 38.9 Å². The van der Waals surface area contributed by atoms with Crippen LogP contribution in [0.25, 0.3) is 53.9 Å². The number of benzene rings is 3. The van der Waals surface area contributed by atoms with Gasteiger partial charge in [0.25, 0.3) is 11.4 Å². The van der Waals surface area contributed by atoms with Gasteiger partial charge in [-0.1, -0.05) is 48.5 Å². The second kappa shape index (κ2) is 12.2. The second-order valence-electron chi connectivity index (χ2n) is 14.6. The highest BCUT2D eigenvalue weighted by Gasteiger charge is 2.41. The van der Waals surface area contributed by atoms with Gasteiger partial charge in [0.05, 0.1) is 25.3 Å². The van der Waals surface area contributed by atoms with Crippen LogP contribution in [0.1, 0.15) is 80.4 Å². The first kappa shape index (κ1) is 34.7. The number of Topliss-reactive ketones (excluding diaryl/α,β-unsaturated/α-hetero) is 2. The summed E-state index contributed by atoms with van der Waals surface area (Å²) < 4.78 is 13.4. The molecule has 9 rings (SSSR count). The van der Waals surface area contributed by atoms with Gasteiger partial charge in [-0.15, -0.1) is 22.7 Å². The fraction of sp³-hybridized carbons (Fsp3) is 0.130. The van der Waals surface area contributed by atoms with Crippen LogP contribution in [-0.2, 0) is 11.2 Å². The van der Waals surface area contributed by atoms with E-state index in [0.717, 1.165) is 41.8 Å². The van der Waals surface area contributed by atoms with Crippen molar-refractivity contribution < 1.29 is 19.1 Å². The summed E-state index contributed by atoms with van der Waals surface area (Å²) in [7, 11) is 0. The smallest absolute Gasteiger partial charge is 0.270 e. The third kappa shape index (κ3) is 4.98. The summed E-state index contributed by atoms with van der Waals surface area (Å²) in [6.45, 7) is 23.3. The Labute approximate surface area is 330 Å². The van der Waals surface area contributed by atoms with Crippen molar-refractivity contribution in [3.63, 3.8) is 0 Å². The largest absolute Gasteiger partial charge is 0.482 e. The summed E-state index contributed by atoms with van der Waals surface area (Å²) in [6, 6.07) is 26.1. The SMILES string of the molecule is [C-]#[N+]C(C#N)=C1/C(=C/c2cc3c(s2)-c2cc4c(cc2OC3(C)C)-c2sc(/C=C3\C(=O)c5ccccc5\C3=C(\C#N)[N+]#[C-])cc2C(C)(C)O4)C(=O)c2ccccc21. The molecule has 5 aromatic rings. The number of hydrogen-bond acceptors (Lipinski definition) is 8. The number of ether oxygens (including phenoxy) is 2. The van der Waals surface area contributed by atoms with E-state index in [0.29, 0.717) is 56.0 Å². The highest BCUT2D eigenvalue weighted by molar-refractivity contribution is 7.17. The predicted molar refractivity (Wildman–Crippen MR) is 216 cm³/mol. The van der Waals surface area contributed by atoms with Crippen LogP contribution in [0.15, 0.2) is 95.3 Å². The normalized spacial score (nSPS) is 19.4. The first-order valence-corrected chi connectivity index (χ1v) is 19.1. The van der Waals surface area contributed by atoms with E-state index < -0.39 is 11.2 Å². The number of allylic oxidation sites excluding steroid dienone is 6. The summed E-state index contributed by atoms with van der Waals surface area (Å²) in [4.78, 5) is 37.8. The van der Waals surface area contributed by atoms with Gasteiger partial charge in [-0.2, -0.15) is 0 Å². The van der Waals surface area contributed by atoms with Crippen LogP contribution in [0.5, 0.6) is 11.5 Å². The van der Waals surface area contributed by atoms with Crippen molar-refractivity contribution in [3.05, 3.63) is 161 Å². The molecule has 2 aliphatic heterocycles. The highest BCUT2D eigenvalue weighted by atomic mass is 32.1. The van der Waals surface area contributed by atoms with Crippen LogP contribution >= 0.6 is 22.7 Å². The molecule has 0 amide bonds. The third-order valence-corrected chi connectivity index (χ3v) is 12.7. The van der Waals surface area contributed by atoms with Crippen molar-refractivity contribution in [2.24, 2.45) is 0 Å². The van der Waals surface area contributed by atoms with Gasteiger partial charge in [-0.3, -0.25) is 9.59 Å². The maximum atomic E-state index is 13.7. The predicted octanol–water partition coefficient (Wildman–Crippen LogP) is 11.3. The van der Waals surface area contributed by atoms with E-state index in [9.17, 15) is 20.1 Å². The van der Waals surface area contributed by atoms with E-state index in [4.69, 9.17) is 22.6 Å². The van der Waals surface area contributed by atoms with E-state index >= 15 is 0 Å². The van der Waals surface area contributed by atoms with E-state index in [1.165, 1.54) is 22.7 Å². The van der Waals surface area contributed by atoms with Crippen molar-refractivity contribution in [2.75, 3.05) is 0 Å². The molecule has 4 aliphatic rings. The Bertz CT molecular complexity index is 2770. The minimum atomic E-state index is -0.746. The molecule has 266 valence electrons. The van der Waals surface area contributed by atoms with E-state index in [1.54, 1.807) is 60.7 Å². The third-order valence-electron chi connectivity index (χ3n) is 10.5. The van der Waals surface area contributed by atoms with Crippen LogP contribution in [0, 0.1) is 35.8 Å². The number of carbonyl (C=O) groups is 2. The molecular weight excluding hydrogens is 737 g/mol. The zero-order valence-electron chi connectivity index (χ0n) is 30.3. The van der Waals surface area contributed by atoms with Crippen molar-refractivity contribution in [1.82, 2.24) is 0 Å². The number of hydrogen-bond donors (Lipinski definition) is 0. The molecule has 2 aliphatic carbocycles. The lowest BCUT2D eigenvalue weighted by molar-refractivity contribution is 0.100. The van der Waals surface area contributed by atoms with Crippen molar-refractivity contribution in [1.29, 1.82) is 10.5 Å². The van der Waals surface area contributed by atoms with Gasteiger partial charge in [0, 0.05) is 75.2 Å². The molecule has 4 heterocycles. The van der Waals surface area contributed by atoms with Crippen LogP contribution in [0.3, 0.4) is 0 Å². The summed E-state index contributed by atoms with van der Waals surface area (Å²) in [6.07, 6.45) is 3.55. The zero-order chi connectivity index (χ0) is 39.3. The zero-order valence-corrected chi connectivity index (χ0v) is 32.0. The number of carbonyl (C=O) groups excluding carboxylic acids is 2. The lowest BCUT2D eigenvalue weighted by Gasteiger charge is -2.36. The Morgan fingerprint density at radius 1 is 0.625 bits per heavy atom. The molecule has 0 radical (unpaired) electrons. The molecule has 3 aromatic carbocycles. The number of rotatable bonds is 2. The molecule has 0 bridgehead atoms. The number of nitrogens with zero attached hydrogens (tertiary/aromatic N) is 4. The Balaban J connectivity index is 1.16. The van der Waals surface area contributed by atoms with Gasteiger partial charge < -0.3 is 9.47 Å². The van der Waals surface area contributed by atoms with Crippen molar-refractivity contribution in [3.8, 4) is 44.5 Å².